The maximum atomic E-state index is 10.7. The van der Waals surface area contributed by atoms with E-state index in [-0.39, 0.29) is 11.8 Å². The average Bonchev–Trinajstić information content (AvgIpc) is 2.94. The van der Waals surface area contributed by atoms with E-state index in [9.17, 15) is 10.1 Å². The van der Waals surface area contributed by atoms with Gasteiger partial charge in [0.1, 0.15) is 18.1 Å². The highest BCUT2D eigenvalue weighted by Crippen LogP contribution is 2.22. The molecule has 0 saturated heterocycles. The third-order valence-corrected chi connectivity index (χ3v) is 3.18. The van der Waals surface area contributed by atoms with E-state index in [1.807, 2.05) is 6.92 Å². The standard InChI is InChI=1S/C13H17N5O4/c1-8-5-10(18(19)20)6-14-13(8)17(3)7-11-15-12(16-22-11)9(2)21-4/h5-6,9H,7H2,1-4H3/t9-/m0/s1. The van der Waals surface area contributed by atoms with E-state index < -0.39 is 4.92 Å². The zero-order valence-electron chi connectivity index (χ0n) is 12.8. The van der Waals surface area contributed by atoms with Crippen LogP contribution in [0.4, 0.5) is 11.5 Å². The molecule has 0 aromatic carbocycles. The summed E-state index contributed by atoms with van der Waals surface area (Å²) in [5.74, 6) is 1.50. The number of nitrogens with zero attached hydrogens (tertiary/aromatic N) is 5. The van der Waals surface area contributed by atoms with Crippen molar-refractivity contribution in [1.29, 1.82) is 0 Å². The Bertz CT molecular complexity index is 672. The predicted octanol–water partition coefficient (Wildman–Crippen LogP) is 2.03. The molecule has 0 bridgehead atoms. The molecular formula is C13H17N5O4. The second-order valence-electron chi connectivity index (χ2n) is 4.87. The Labute approximate surface area is 127 Å². The van der Waals surface area contributed by atoms with Crippen LogP contribution in [0.15, 0.2) is 16.8 Å². The number of hydrogen-bond acceptors (Lipinski definition) is 8. The third-order valence-electron chi connectivity index (χ3n) is 3.18. The molecule has 2 aromatic heterocycles. The van der Waals surface area contributed by atoms with E-state index in [0.29, 0.717) is 29.6 Å². The van der Waals surface area contributed by atoms with Crippen LogP contribution in [-0.2, 0) is 11.3 Å². The molecule has 0 unspecified atom stereocenters. The molecule has 0 spiro atoms. The van der Waals surface area contributed by atoms with Gasteiger partial charge in [-0.1, -0.05) is 5.16 Å². The van der Waals surface area contributed by atoms with E-state index in [0.717, 1.165) is 0 Å². The Morgan fingerprint density at radius 2 is 2.27 bits per heavy atom. The minimum absolute atomic E-state index is 0.0383. The largest absolute Gasteiger partial charge is 0.374 e. The van der Waals surface area contributed by atoms with Gasteiger partial charge in [-0.15, -0.1) is 0 Å². The first-order valence-electron chi connectivity index (χ1n) is 6.59. The fourth-order valence-corrected chi connectivity index (χ4v) is 1.93. The molecule has 0 saturated carbocycles. The summed E-state index contributed by atoms with van der Waals surface area (Å²) < 4.78 is 10.3. The van der Waals surface area contributed by atoms with E-state index in [1.165, 1.54) is 12.3 Å². The monoisotopic (exact) mass is 307 g/mol. The molecule has 0 aliphatic carbocycles. The molecule has 0 fully saturated rings. The average molecular weight is 307 g/mol. The number of methoxy groups -OCH3 is 1. The molecule has 0 aliphatic rings. The number of anilines is 1. The Morgan fingerprint density at radius 1 is 1.55 bits per heavy atom. The van der Waals surface area contributed by atoms with Crippen LogP contribution in [0.25, 0.3) is 0 Å². The van der Waals surface area contributed by atoms with Gasteiger partial charge in [-0.05, 0) is 19.4 Å². The fraction of sp³-hybridized carbons (Fsp3) is 0.462. The second-order valence-corrected chi connectivity index (χ2v) is 4.87. The zero-order chi connectivity index (χ0) is 16.3. The van der Waals surface area contributed by atoms with Crippen molar-refractivity contribution < 1.29 is 14.2 Å². The van der Waals surface area contributed by atoms with Gasteiger partial charge in [0.15, 0.2) is 5.82 Å². The predicted molar refractivity (Wildman–Crippen MR) is 77.5 cm³/mol. The van der Waals surface area contributed by atoms with Crippen molar-refractivity contribution in [3.05, 3.63) is 39.7 Å². The van der Waals surface area contributed by atoms with E-state index in [4.69, 9.17) is 9.26 Å². The Kier molecular flexibility index (Phi) is 4.66. The zero-order valence-corrected chi connectivity index (χ0v) is 12.8. The summed E-state index contributed by atoms with van der Waals surface area (Å²) in [4.78, 5) is 20.4. The summed E-state index contributed by atoms with van der Waals surface area (Å²) in [6.07, 6.45) is 0.979. The lowest BCUT2D eigenvalue weighted by atomic mass is 10.2. The van der Waals surface area contributed by atoms with E-state index >= 15 is 0 Å². The highest BCUT2D eigenvalue weighted by molar-refractivity contribution is 5.49. The van der Waals surface area contributed by atoms with E-state index in [2.05, 4.69) is 15.1 Å². The quantitative estimate of drug-likeness (QED) is 0.589. The van der Waals surface area contributed by atoms with E-state index in [1.54, 1.807) is 26.0 Å². The molecule has 9 nitrogen and oxygen atoms in total. The van der Waals surface area contributed by atoms with Gasteiger partial charge in [-0.3, -0.25) is 10.1 Å². The molecule has 0 radical (unpaired) electrons. The molecule has 2 heterocycles. The lowest BCUT2D eigenvalue weighted by Crippen LogP contribution is -2.19. The summed E-state index contributed by atoms with van der Waals surface area (Å²) in [6.45, 7) is 3.92. The minimum Gasteiger partial charge on any atom is -0.374 e. The number of pyridine rings is 1. The number of ether oxygens (including phenoxy) is 1. The lowest BCUT2D eigenvalue weighted by Gasteiger charge is -2.17. The smallest absolute Gasteiger partial charge is 0.287 e. The summed E-state index contributed by atoms with van der Waals surface area (Å²) in [5, 5.41) is 14.6. The van der Waals surface area contributed by atoms with Gasteiger partial charge in [-0.2, -0.15) is 4.98 Å². The molecule has 118 valence electrons. The Hall–Kier alpha value is -2.55. The van der Waals surface area contributed by atoms with Crippen molar-refractivity contribution in [3.8, 4) is 0 Å². The number of nitro groups is 1. The summed E-state index contributed by atoms with van der Waals surface area (Å²) in [6, 6.07) is 1.48. The highest BCUT2D eigenvalue weighted by Gasteiger charge is 2.17. The van der Waals surface area contributed by atoms with Crippen LogP contribution in [0.5, 0.6) is 0 Å². The highest BCUT2D eigenvalue weighted by atomic mass is 16.6. The number of aromatic nitrogens is 3. The first-order chi connectivity index (χ1) is 10.4. The molecule has 0 amide bonds. The maximum absolute atomic E-state index is 10.7. The van der Waals surface area contributed by atoms with Crippen molar-refractivity contribution in [2.24, 2.45) is 0 Å². The van der Waals surface area contributed by atoms with Crippen molar-refractivity contribution in [2.75, 3.05) is 19.1 Å². The van der Waals surface area contributed by atoms with Gasteiger partial charge in [-0.25, -0.2) is 4.98 Å². The fourth-order valence-electron chi connectivity index (χ4n) is 1.93. The molecule has 0 aliphatic heterocycles. The van der Waals surface area contributed by atoms with Crippen LogP contribution in [0.1, 0.15) is 30.3 Å². The van der Waals surface area contributed by atoms with Crippen molar-refractivity contribution in [3.63, 3.8) is 0 Å². The first kappa shape index (κ1) is 15.8. The molecule has 1 atom stereocenters. The SMILES string of the molecule is CO[C@@H](C)c1noc(CN(C)c2ncc([N+](=O)[O-])cc2C)n1. The molecule has 2 rings (SSSR count). The van der Waals surface area contributed by atoms with Crippen LogP contribution in [0.2, 0.25) is 0 Å². The minimum atomic E-state index is -0.472. The van der Waals surface area contributed by atoms with Gasteiger partial charge in [0.25, 0.3) is 5.69 Å². The van der Waals surface area contributed by atoms with Crippen LogP contribution in [-0.4, -0.2) is 34.2 Å². The van der Waals surface area contributed by atoms with Crippen molar-refractivity contribution in [2.45, 2.75) is 26.5 Å². The maximum Gasteiger partial charge on any atom is 0.287 e. The van der Waals surface area contributed by atoms with Crippen LogP contribution >= 0.6 is 0 Å². The molecule has 9 heteroatoms. The van der Waals surface area contributed by atoms with Gasteiger partial charge in [0, 0.05) is 20.2 Å². The van der Waals surface area contributed by atoms with Gasteiger partial charge < -0.3 is 14.2 Å². The first-order valence-corrected chi connectivity index (χ1v) is 6.59. The second kappa shape index (κ2) is 6.48. The van der Waals surface area contributed by atoms with Gasteiger partial charge >= 0.3 is 0 Å². The third kappa shape index (κ3) is 3.37. The molecule has 2 aromatic rings. The van der Waals surface area contributed by atoms with Crippen LogP contribution in [0, 0.1) is 17.0 Å². The number of rotatable bonds is 6. The topological polar surface area (TPSA) is 107 Å². The van der Waals surface area contributed by atoms with Crippen LogP contribution < -0.4 is 4.90 Å². The molecular weight excluding hydrogens is 290 g/mol. The number of hydrogen-bond donors (Lipinski definition) is 0. The summed E-state index contributed by atoms with van der Waals surface area (Å²) in [5.41, 5.74) is 0.658. The van der Waals surface area contributed by atoms with Crippen molar-refractivity contribution in [1.82, 2.24) is 15.1 Å². The Balaban J connectivity index is 2.13. The summed E-state index contributed by atoms with van der Waals surface area (Å²) in [7, 11) is 3.36. The van der Waals surface area contributed by atoms with Gasteiger partial charge in [0.2, 0.25) is 5.89 Å². The summed E-state index contributed by atoms with van der Waals surface area (Å²) >= 11 is 0. The van der Waals surface area contributed by atoms with Crippen LogP contribution in [0.3, 0.4) is 0 Å². The Morgan fingerprint density at radius 3 is 2.86 bits per heavy atom. The molecule has 0 N–H and O–H groups in total. The number of aryl methyl sites for hydroxylation is 1. The lowest BCUT2D eigenvalue weighted by molar-refractivity contribution is -0.385. The normalized spacial score (nSPS) is 12.2. The van der Waals surface area contributed by atoms with Gasteiger partial charge in [0.05, 0.1) is 11.5 Å². The molecule has 22 heavy (non-hydrogen) atoms. The van der Waals surface area contributed by atoms with Crippen molar-refractivity contribution >= 4 is 11.5 Å².